The summed E-state index contributed by atoms with van der Waals surface area (Å²) in [6.07, 6.45) is 0.980. The number of nitriles is 2. The normalized spacial score (nSPS) is 11.7. The lowest BCUT2D eigenvalue weighted by Gasteiger charge is -2.54. The largest absolute Gasteiger partial charge is 0.199 e. The van der Waals surface area contributed by atoms with Crippen LogP contribution in [-0.2, 0) is 10.9 Å². The number of hydrogen-bond acceptors (Lipinski definition) is 2. The number of nitrogens with zero attached hydrogens (tertiary/aromatic N) is 2. The van der Waals surface area contributed by atoms with Crippen molar-refractivity contribution in [3.8, 4) is 12.1 Å². The van der Waals surface area contributed by atoms with Crippen LogP contribution in [0.25, 0.3) is 5.57 Å². The SMILES string of the molecule is CC(C)(C)[B-](c1ccc(Br)cc1)(c1ccc(Br)cc1)c1ccc(Br)cc1.C[S+](CC(=C(C#N)C#N)c1ccccc1)c1ccccc1. The monoisotopic (exact) mass is 824 g/mol. The molecule has 0 aliphatic carbocycles. The van der Waals surface area contributed by atoms with Crippen molar-refractivity contribution in [1.29, 1.82) is 10.5 Å². The van der Waals surface area contributed by atoms with Gasteiger partial charge in [0.05, 0.1) is 6.15 Å². The van der Waals surface area contributed by atoms with Gasteiger partial charge in [-0.05, 0) is 17.7 Å². The lowest BCUT2D eigenvalue weighted by molar-refractivity contribution is 0.739. The fourth-order valence-electron chi connectivity index (χ4n) is 6.38. The molecule has 0 aliphatic heterocycles. The van der Waals surface area contributed by atoms with Crippen molar-refractivity contribution < 1.29 is 0 Å². The maximum atomic E-state index is 9.21. The first-order valence-electron chi connectivity index (χ1n) is 15.2. The molecule has 2 nitrogen and oxygen atoms in total. The average molecular weight is 827 g/mol. The molecule has 0 saturated carbocycles. The second kappa shape index (κ2) is 16.7. The smallest absolute Gasteiger partial charge is 0.154 e. The van der Waals surface area contributed by atoms with E-state index in [2.05, 4.69) is 160 Å². The molecule has 0 amide bonds. The third-order valence-corrected chi connectivity index (χ3v) is 11.9. The molecule has 0 heterocycles. The van der Waals surface area contributed by atoms with Crippen LogP contribution in [0, 0.1) is 22.7 Å². The van der Waals surface area contributed by atoms with E-state index in [-0.39, 0.29) is 21.8 Å². The van der Waals surface area contributed by atoms with E-state index in [1.165, 1.54) is 21.3 Å². The standard InChI is InChI=1S/C22H21BBr3.C18H15N2S/c1-22(2,3)23(16-4-10-19(24)11-5-16,17-6-12-20(25)13-7-17)18-8-14-21(26)15-9-18;1-21(17-10-6-3-7-11-17)14-18(16(12-19)13-20)15-8-4-2-5-9-15/h4-15H,1-3H3;2-11H,14H2,1H3/q-1;+1. The van der Waals surface area contributed by atoms with Gasteiger partial charge in [-0.2, -0.15) is 26.9 Å². The van der Waals surface area contributed by atoms with Crippen LogP contribution < -0.4 is 16.4 Å². The Labute approximate surface area is 308 Å². The highest BCUT2D eigenvalue weighted by Crippen LogP contribution is 2.36. The molecule has 0 saturated heterocycles. The van der Waals surface area contributed by atoms with Gasteiger partial charge in [-0.15, -0.1) is 5.31 Å². The number of allylic oxidation sites excluding steroid dienone is 1. The summed E-state index contributed by atoms with van der Waals surface area (Å²) in [5.41, 5.74) is 6.04. The van der Waals surface area contributed by atoms with Crippen molar-refractivity contribution in [2.24, 2.45) is 0 Å². The Bertz CT molecular complexity index is 1740. The molecule has 7 heteroatoms. The van der Waals surface area contributed by atoms with Crippen LogP contribution in [0.2, 0.25) is 5.31 Å². The minimum Gasteiger partial charge on any atom is -0.199 e. The third kappa shape index (κ3) is 8.78. The zero-order chi connectivity index (χ0) is 34.0. The van der Waals surface area contributed by atoms with Crippen molar-refractivity contribution in [2.45, 2.75) is 31.0 Å². The lowest BCUT2D eigenvalue weighted by atomic mass is 9.07. The highest BCUT2D eigenvalue weighted by atomic mass is 79.9. The van der Waals surface area contributed by atoms with Crippen LogP contribution in [-0.4, -0.2) is 18.2 Å². The zero-order valence-electron chi connectivity index (χ0n) is 26.9. The molecular weight excluding hydrogens is 791 g/mol. The third-order valence-electron chi connectivity index (χ3n) is 8.56. The molecule has 236 valence electrons. The van der Waals surface area contributed by atoms with Crippen LogP contribution in [0.15, 0.2) is 157 Å². The second-order valence-corrected chi connectivity index (χ2v) is 17.2. The summed E-state index contributed by atoms with van der Waals surface area (Å²) in [4.78, 5) is 1.24. The summed E-state index contributed by atoms with van der Waals surface area (Å²) in [6, 6.07) is 50.4. The average Bonchev–Trinajstić information content (AvgIpc) is 3.08. The molecule has 1 unspecified atom stereocenters. The summed E-state index contributed by atoms with van der Waals surface area (Å²) in [5, 5.41) is 18.5. The molecule has 5 aromatic carbocycles. The van der Waals surface area contributed by atoms with E-state index in [0.717, 1.165) is 24.6 Å². The number of halogens is 3. The topological polar surface area (TPSA) is 47.6 Å². The van der Waals surface area contributed by atoms with E-state index >= 15 is 0 Å². The molecule has 0 bridgehead atoms. The van der Waals surface area contributed by atoms with E-state index < -0.39 is 6.15 Å². The second-order valence-electron chi connectivity index (χ2n) is 12.4. The predicted molar refractivity (Wildman–Crippen MR) is 214 cm³/mol. The Morgan fingerprint density at radius 1 is 0.596 bits per heavy atom. The molecule has 5 rings (SSSR count). The lowest BCUT2D eigenvalue weighted by Crippen LogP contribution is -2.72. The minimum atomic E-state index is -1.16. The van der Waals surface area contributed by atoms with Crippen molar-refractivity contribution in [2.75, 3.05) is 12.0 Å². The quantitative estimate of drug-likeness (QED) is 0.0933. The number of benzene rings is 5. The van der Waals surface area contributed by atoms with Gasteiger partial charge in [0.2, 0.25) is 0 Å². The molecule has 0 aliphatic rings. The molecule has 0 fully saturated rings. The minimum absolute atomic E-state index is 0.0233. The van der Waals surface area contributed by atoms with Crippen molar-refractivity contribution >= 4 is 86.8 Å². The fraction of sp³-hybridized carbons (Fsp3) is 0.150. The van der Waals surface area contributed by atoms with Gasteiger partial charge < -0.3 is 0 Å². The Balaban J connectivity index is 0.000000218. The van der Waals surface area contributed by atoms with Crippen LogP contribution in [0.4, 0.5) is 0 Å². The van der Waals surface area contributed by atoms with Crippen LogP contribution >= 0.6 is 47.8 Å². The first kappa shape index (κ1) is 36.5. The molecule has 0 aromatic heterocycles. The summed E-state index contributed by atoms with van der Waals surface area (Å²) in [6.45, 7) is 7.04. The Hall–Kier alpha value is -3.33. The molecule has 1 atom stereocenters. The predicted octanol–water partition coefficient (Wildman–Crippen LogP) is 10.0. The zero-order valence-corrected chi connectivity index (χ0v) is 32.5. The summed E-state index contributed by atoms with van der Waals surface area (Å²) in [7, 11) is -0.0478. The summed E-state index contributed by atoms with van der Waals surface area (Å²) < 4.78 is 3.31. The van der Waals surface area contributed by atoms with Gasteiger partial charge in [-0.3, -0.25) is 0 Å². The summed E-state index contributed by atoms with van der Waals surface area (Å²) in [5.74, 6) is 0.699. The maximum absolute atomic E-state index is 9.21. The van der Waals surface area contributed by atoms with E-state index in [9.17, 15) is 10.5 Å². The number of rotatable bonds is 7. The highest BCUT2D eigenvalue weighted by Gasteiger charge is 2.39. The molecule has 0 spiro atoms. The van der Waals surface area contributed by atoms with Crippen LogP contribution in [0.3, 0.4) is 0 Å². The fourth-order valence-corrected chi connectivity index (χ4v) is 8.71. The number of hydrogen-bond donors (Lipinski definition) is 0. The van der Waals surface area contributed by atoms with Gasteiger partial charge in [0.25, 0.3) is 0 Å². The Morgan fingerprint density at radius 2 is 0.957 bits per heavy atom. The van der Waals surface area contributed by atoms with E-state index in [4.69, 9.17) is 0 Å². The highest BCUT2D eigenvalue weighted by molar-refractivity contribution is 9.11. The van der Waals surface area contributed by atoms with Gasteiger partial charge in [-0.25, -0.2) is 0 Å². The van der Waals surface area contributed by atoms with Crippen LogP contribution in [0.5, 0.6) is 0 Å². The molecular formula is C40H36BBr3N2S. The van der Waals surface area contributed by atoms with E-state index in [1.54, 1.807) is 0 Å². The van der Waals surface area contributed by atoms with E-state index in [1.807, 2.05) is 60.7 Å². The summed E-state index contributed by atoms with van der Waals surface area (Å²) >= 11 is 10.8. The van der Waals surface area contributed by atoms with Gasteiger partial charge in [0.15, 0.2) is 4.90 Å². The molecule has 47 heavy (non-hydrogen) atoms. The Kier molecular flexibility index (Phi) is 13.0. The molecule has 0 radical (unpaired) electrons. The van der Waals surface area contributed by atoms with Gasteiger partial charge in [-0.1, -0.05) is 190 Å². The Morgan fingerprint density at radius 3 is 1.30 bits per heavy atom. The van der Waals surface area contributed by atoms with Gasteiger partial charge in [0.1, 0.15) is 29.7 Å². The first-order chi connectivity index (χ1) is 22.5. The molecule has 5 aromatic rings. The van der Waals surface area contributed by atoms with Crippen molar-refractivity contribution in [3.63, 3.8) is 0 Å². The van der Waals surface area contributed by atoms with Gasteiger partial charge in [0, 0.05) is 29.9 Å². The maximum Gasteiger partial charge on any atom is 0.154 e. The first-order valence-corrected chi connectivity index (χ1v) is 19.4. The van der Waals surface area contributed by atoms with Gasteiger partial charge >= 0.3 is 0 Å². The van der Waals surface area contributed by atoms with Crippen LogP contribution in [0.1, 0.15) is 26.3 Å². The molecule has 0 N–H and O–H groups in total. The van der Waals surface area contributed by atoms with E-state index in [0.29, 0.717) is 5.75 Å². The van der Waals surface area contributed by atoms with Crippen molar-refractivity contribution in [3.05, 3.63) is 158 Å². The van der Waals surface area contributed by atoms with Crippen molar-refractivity contribution in [1.82, 2.24) is 0 Å².